The van der Waals surface area contributed by atoms with E-state index in [-0.39, 0.29) is 11.3 Å². The third-order valence-corrected chi connectivity index (χ3v) is 6.83. The van der Waals surface area contributed by atoms with Gasteiger partial charge in [-0.2, -0.15) is 0 Å². The highest BCUT2D eigenvalue weighted by atomic mass is 35.5. The highest BCUT2D eigenvalue weighted by Crippen LogP contribution is 2.36. The molecular formula is C22H23ClN2O3S. The van der Waals surface area contributed by atoms with E-state index in [0.717, 1.165) is 29.2 Å². The highest BCUT2D eigenvalue weighted by molar-refractivity contribution is 7.17. The van der Waals surface area contributed by atoms with Crippen LogP contribution in [0.15, 0.2) is 40.8 Å². The molecule has 3 aromatic rings. The number of nitrogens with one attached hydrogen (secondary N) is 1. The fraction of sp³-hybridized carbons (Fsp3) is 0.364. The summed E-state index contributed by atoms with van der Waals surface area (Å²) in [6.45, 7) is 5.61. The molecular weight excluding hydrogens is 408 g/mol. The first-order chi connectivity index (χ1) is 14.0. The van der Waals surface area contributed by atoms with Gasteiger partial charge in [0.15, 0.2) is 10.8 Å². The summed E-state index contributed by atoms with van der Waals surface area (Å²) in [5.74, 6) is 1.40. The van der Waals surface area contributed by atoms with Gasteiger partial charge in [0.25, 0.3) is 5.91 Å². The fourth-order valence-electron chi connectivity index (χ4n) is 3.74. The quantitative estimate of drug-likeness (QED) is 0.607. The third-order valence-electron chi connectivity index (χ3n) is 5.43. The Labute approximate surface area is 179 Å². The topological polar surface area (TPSA) is 64.4 Å². The van der Waals surface area contributed by atoms with Crippen molar-refractivity contribution in [3.63, 3.8) is 0 Å². The van der Waals surface area contributed by atoms with Gasteiger partial charge in [0, 0.05) is 30.2 Å². The van der Waals surface area contributed by atoms with Gasteiger partial charge in [-0.25, -0.2) is 4.98 Å². The van der Waals surface area contributed by atoms with Crippen molar-refractivity contribution >= 4 is 28.8 Å². The van der Waals surface area contributed by atoms with Crippen LogP contribution in [0.5, 0.6) is 0 Å². The first-order valence-corrected chi connectivity index (χ1v) is 10.8. The maximum atomic E-state index is 13.0. The summed E-state index contributed by atoms with van der Waals surface area (Å²) in [6, 6.07) is 11.7. The normalized spacial score (nSPS) is 16.0. The first-order valence-electron chi connectivity index (χ1n) is 9.63. The Morgan fingerprint density at radius 1 is 1.24 bits per heavy atom. The molecule has 5 nitrogen and oxygen atoms in total. The van der Waals surface area contributed by atoms with Crippen LogP contribution in [0.2, 0.25) is 5.02 Å². The maximum Gasteiger partial charge on any atom is 0.263 e. The number of aromatic nitrogens is 1. The Morgan fingerprint density at radius 2 is 2.03 bits per heavy atom. The van der Waals surface area contributed by atoms with Crippen molar-refractivity contribution in [2.45, 2.75) is 32.1 Å². The number of carbonyl (C=O) groups excluding carboxylic acids is 1. The minimum absolute atomic E-state index is 0.109. The summed E-state index contributed by atoms with van der Waals surface area (Å²) in [4.78, 5) is 18.1. The number of halogens is 1. The summed E-state index contributed by atoms with van der Waals surface area (Å²) in [7, 11) is 0. The van der Waals surface area contributed by atoms with Gasteiger partial charge in [0.2, 0.25) is 0 Å². The fourth-order valence-corrected chi connectivity index (χ4v) is 4.87. The monoisotopic (exact) mass is 430 g/mol. The van der Waals surface area contributed by atoms with Crippen LogP contribution in [-0.4, -0.2) is 30.6 Å². The largest absolute Gasteiger partial charge is 0.459 e. The molecule has 152 valence electrons. The van der Waals surface area contributed by atoms with Crippen molar-refractivity contribution in [1.29, 1.82) is 0 Å². The molecule has 1 amide bonds. The standard InChI is InChI=1S/C22H23ClN2O3S/c1-14-6-7-18(28-14)21-25-15(2)19(29-21)20(26)24-13-22(8-10-27-11-9-22)16-4-3-5-17(23)12-16/h3-7,12H,8-11,13H2,1-2H3,(H,24,26). The lowest BCUT2D eigenvalue weighted by Gasteiger charge is -2.38. The van der Waals surface area contributed by atoms with Gasteiger partial charge in [0.05, 0.1) is 5.69 Å². The third kappa shape index (κ3) is 4.25. The number of benzene rings is 1. The Bertz CT molecular complexity index is 1020. The molecule has 1 fully saturated rings. The number of carbonyl (C=O) groups is 1. The van der Waals surface area contributed by atoms with Crippen molar-refractivity contribution in [3.8, 4) is 10.8 Å². The minimum Gasteiger partial charge on any atom is -0.459 e. The van der Waals surface area contributed by atoms with Crippen molar-refractivity contribution in [2.75, 3.05) is 19.8 Å². The number of ether oxygens (including phenoxy) is 1. The van der Waals surface area contributed by atoms with Crippen LogP contribution in [0.1, 0.15) is 39.5 Å². The molecule has 4 rings (SSSR count). The van der Waals surface area contributed by atoms with E-state index < -0.39 is 0 Å². The predicted molar refractivity (Wildman–Crippen MR) is 115 cm³/mol. The molecule has 7 heteroatoms. The van der Waals surface area contributed by atoms with Gasteiger partial charge in [-0.1, -0.05) is 23.7 Å². The molecule has 0 radical (unpaired) electrons. The lowest BCUT2D eigenvalue weighted by atomic mass is 9.74. The van der Waals surface area contributed by atoms with Gasteiger partial charge in [-0.15, -0.1) is 11.3 Å². The molecule has 1 aromatic carbocycles. The second-order valence-electron chi connectivity index (χ2n) is 7.43. The molecule has 0 atom stereocenters. The van der Waals surface area contributed by atoms with Crippen LogP contribution in [0.4, 0.5) is 0 Å². The van der Waals surface area contributed by atoms with E-state index in [4.69, 9.17) is 20.8 Å². The van der Waals surface area contributed by atoms with E-state index in [1.807, 2.05) is 44.2 Å². The molecule has 29 heavy (non-hydrogen) atoms. The molecule has 3 heterocycles. The molecule has 1 aliphatic rings. The second-order valence-corrected chi connectivity index (χ2v) is 8.87. The van der Waals surface area contributed by atoms with Gasteiger partial charge < -0.3 is 14.5 Å². The van der Waals surface area contributed by atoms with Crippen LogP contribution < -0.4 is 5.32 Å². The Kier molecular flexibility index (Phi) is 5.76. The lowest BCUT2D eigenvalue weighted by molar-refractivity contribution is 0.0487. The predicted octanol–water partition coefficient (Wildman–Crippen LogP) is 5.15. The number of thiazole rings is 1. The number of hydrogen-bond acceptors (Lipinski definition) is 5. The molecule has 1 aliphatic heterocycles. The summed E-state index contributed by atoms with van der Waals surface area (Å²) < 4.78 is 11.2. The molecule has 1 saturated heterocycles. The number of aryl methyl sites for hydroxylation is 2. The van der Waals surface area contributed by atoms with Crippen LogP contribution in [-0.2, 0) is 10.2 Å². The molecule has 2 aromatic heterocycles. The van der Waals surface area contributed by atoms with Crippen molar-refractivity contribution in [1.82, 2.24) is 10.3 Å². The van der Waals surface area contributed by atoms with Gasteiger partial charge >= 0.3 is 0 Å². The van der Waals surface area contributed by atoms with Crippen molar-refractivity contribution in [3.05, 3.63) is 63.3 Å². The Morgan fingerprint density at radius 3 is 2.72 bits per heavy atom. The van der Waals surface area contributed by atoms with E-state index >= 15 is 0 Å². The summed E-state index contributed by atoms with van der Waals surface area (Å²) >= 11 is 7.59. The van der Waals surface area contributed by atoms with Crippen molar-refractivity contribution < 1.29 is 13.9 Å². The molecule has 0 unspecified atom stereocenters. The van der Waals surface area contributed by atoms with Crippen LogP contribution in [0.3, 0.4) is 0 Å². The van der Waals surface area contributed by atoms with E-state index in [1.165, 1.54) is 11.3 Å². The number of hydrogen-bond donors (Lipinski definition) is 1. The summed E-state index contributed by atoms with van der Waals surface area (Å²) in [5, 5.41) is 4.56. The summed E-state index contributed by atoms with van der Waals surface area (Å²) in [5.41, 5.74) is 1.67. The molecule has 0 saturated carbocycles. The smallest absolute Gasteiger partial charge is 0.263 e. The highest BCUT2D eigenvalue weighted by Gasteiger charge is 2.35. The van der Waals surface area contributed by atoms with Gasteiger partial charge in [-0.3, -0.25) is 4.79 Å². The molecule has 1 N–H and O–H groups in total. The summed E-state index contributed by atoms with van der Waals surface area (Å²) in [6.07, 6.45) is 1.68. The Hall–Kier alpha value is -2.15. The van der Waals surface area contributed by atoms with E-state index in [0.29, 0.717) is 41.1 Å². The van der Waals surface area contributed by atoms with Crippen LogP contribution in [0.25, 0.3) is 10.8 Å². The zero-order chi connectivity index (χ0) is 20.4. The average molecular weight is 431 g/mol. The lowest BCUT2D eigenvalue weighted by Crippen LogP contribution is -2.44. The number of amides is 1. The molecule has 0 spiro atoms. The first kappa shape index (κ1) is 20.1. The SMILES string of the molecule is Cc1ccc(-c2nc(C)c(C(=O)NCC3(c4cccc(Cl)c4)CCOCC3)s2)o1. The van der Waals surface area contributed by atoms with E-state index in [9.17, 15) is 4.79 Å². The van der Waals surface area contributed by atoms with E-state index in [1.54, 1.807) is 0 Å². The molecule has 0 bridgehead atoms. The number of furan rings is 1. The Balaban J connectivity index is 1.54. The van der Waals surface area contributed by atoms with Crippen LogP contribution in [0, 0.1) is 13.8 Å². The van der Waals surface area contributed by atoms with Crippen molar-refractivity contribution in [2.24, 2.45) is 0 Å². The second kappa shape index (κ2) is 8.30. The minimum atomic E-state index is -0.182. The zero-order valence-corrected chi connectivity index (χ0v) is 18.0. The number of rotatable bonds is 5. The van der Waals surface area contributed by atoms with E-state index in [2.05, 4.69) is 16.4 Å². The zero-order valence-electron chi connectivity index (χ0n) is 16.5. The molecule has 0 aliphatic carbocycles. The van der Waals surface area contributed by atoms with Gasteiger partial charge in [0.1, 0.15) is 10.6 Å². The average Bonchev–Trinajstić information content (AvgIpc) is 3.32. The van der Waals surface area contributed by atoms with Crippen LogP contribution >= 0.6 is 22.9 Å². The maximum absolute atomic E-state index is 13.0. The number of nitrogens with zero attached hydrogens (tertiary/aromatic N) is 1. The van der Waals surface area contributed by atoms with Gasteiger partial charge in [-0.05, 0) is 56.5 Å².